The number of halogens is 1. The number of benzene rings is 2. The number of H-pyrrole nitrogens is 1. The minimum Gasteiger partial charge on any atom is -0.305 e. The first-order valence-electron chi connectivity index (χ1n) is 5.66. The van der Waals surface area contributed by atoms with Crippen molar-refractivity contribution >= 4 is 27.0 Å². The largest absolute Gasteiger partial charge is 0.326 e. The Hall–Kier alpha value is -1.81. The lowest BCUT2D eigenvalue weighted by Crippen LogP contribution is -2.17. The molecule has 1 N–H and O–H groups in total. The maximum atomic E-state index is 11.9. The highest BCUT2D eigenvalue weighted by atomic mass is 79.9. The molecule has 0 fully saturated rings. The third kappa shape index (κ3) is 1.99. The number of hydrogen-bond acceptors (Lipinski definition) is 1. The highest BCUT2D eigenvalue weighted by Crippen LogP contribution is 2.17. The van der Waals surface area contributed by atoms with Crippen molar-refractivity contribution in [2.24, 2.45) is 0 Å². The SMILES string of the molecule is O=c1[nH]c2cc(Br)ccc2n1Cc1ccccc1. The van der Waals surface area contributed by atoms with E-state index in [0.29, 0.717) is 6.54 Å². The summed E-state index contributed by atoms with van der Waals surface area (Å²) >= 11 is 3.40. The Morgan fingerprint density at radius 3 is 2.67 bits per heavy atom. The van der Waals surface area contributed by atoms with Crippen molar-refractivity contribution < 1.29 is 0 Å². The Bertz CT molecular complexity index is 743. The number of hydrogen-bond donors (Lipinski definition) is 1. The molecule has 3 nitrogen and oxygen atoms in total. The summed E-state index contributed by atoms with van der Waals surface area (Å²) in [5.41, 5.74) is 2.81. The summed E-state index contributed by atoms with van der Waals surface area (Å²) in [4.78, 5) is 14.8. The van der Waals surface area contributed by atoms with Crippen molar-refractivity contribution in [2.45, 2.75) is 6.54 Å². The second-order valence-corrected chi connectivity index (χ2v) is 5.08. The molecule has 0 aliphatic rings. The molecule has 0 bridgehead atoms. The van der Waals surface area contributed by atoms with Crippen LogP contribution in [0.2, 0.25) is 0 Å². The van der Waals surface area contributed by atoms with Gasteiger partial charge in [-0.05, 0) is 23.8 Å². The van der Waals surface area contributed by atoms with Crippen LogP contribution in [0.15, 0.2) is 57.8 Å². The number of fused-ring (bicyclic) bond motifs is 1. The van der Waals surface area contributed by atoms with Crippen molar-refractivity contribution in [1.82, 2.24) is 9.55 Å². The highest BCUT2D eigenvalue weighted by molar-refractivity contribution is 9.10. The minimum absolute atomic E-state index is 0.0769. The molecule has 0 aliphatic carbocycles. The van der Waals surface area contributed by atoms with Gasteiger partial charge in [0, 0.05) is 4.47 Å². The van der Waals surface area contributed by atoms with Gasteiger partial charge in [-0.3, -0.25) is 4.57 Å². The zero-order valence-corrected chi connectivity index (χ0v) is 11.1. The molecule has 0 aliphatic heterocycles. The molecule has 90 valence electrons. The number of imidazole rings is 1. The lowest BCUT2D eigenvalue weighted by atomic mass is 10.2. The molecule has 4 heteroatoms. The summed E-state index contributed by atoms with van der Waals surface area (Å²) in [5, 5.41) is 0. The van der Waals surface area contributed by atoms with Crippen LogP contribution in [-0.2, 0) is 6.54 Å². The van der Waals surface area contributed by atoms with E-state index < -0.39 is 0 Å². The molecule has 0 unspecified atom stereocenters. The molecule has 0 atom stereocenters. The molecule has 3 rings (SSSR count). The molecular formula is C14H11BrN2O. The summed E-state index contributed by atoms with van der Waals surface area (Å²) in [6.45, 7) is 0.585. The molecule has 0 amide bonds. The molecule has 0 saturated carbocycles. The minimum atomic E-state index is -0.0769. The van der Waals surface area contributed by atoms with E-state index in [9.17, 15) is 4.79 Å². The van der Waals surface area contributed by atoms with Gasteiger partial charge < -0.3 is 4.98 Å². The van der Waals surface area contributed by atoms with Gasteiger partial charge in [-0.25, -0.2) is 4.79 Å². The van der Waals surface area contributed by atoms with E-state index >= 15 is 0 Å². The maximum Gasteiger partial charge on any atom is 0.326 e. The van der Waals surface area contributed by atoms with Crippen molar-refractivity contribution in [1.29, 1.82) is 0 Å². The predicted octanol–water partition coefficient (Wildman–Crippen LogP) is 3.14. The molecule has 2 aromatic carbocycles. The van der Waals surface area contributed by atoms with Crippen molar-refractivity contribution in [3.8, 4) is 0 Å². The van der Waals surface area contributed by atoms with E-state index in [0.717, 1.165) is 21.1 Å². The predicted molar refractivity (Wildman–Crippen MR) is 75.8 cm³/mol. The number of aromatic nitrogens is 2. The van der Waals surface area contributed by atoms with Gasteiger partial charge in [-0.1, -0.05) is 46.3 Å². The first-order chi connectivity index (χ1) is 8.74. The highest BCUT2D eigenvalue weighted by Gasteiger charge is 2.07. The fourth-order valence-corrected chi connectivity index (χ4v) is 2.42. The van der Waals surface area contributed by atoms with Gasteiger partial charge in [0.15, 0.2) is 0 Å². The summed E-state index contributed by atoms with van der Waals surface area (Å²) in [6.07, 6.45) is 0. The van der Waals surface area contributed by atoms with Crippen molar-refractivity contribution in [3.05, 3.63) is 69.1 Å². The van der Waals surface area contributed by atoms with Gasteiger partial charge in [0.2, 0.25) is 0 Å². The first-order valence-corrected chi connectivity index (χ1v) is 6.45. The second-order valence-electron chi connectivity index (χ2n) is 4.16. The smallest absolute Gasteiger partial charge is 0.305 e. The zero-order valence-electron chi connectivity index (χ0n) is 9.56. The summed E-state index contributed by atoms with van der Waals surface area (Å²) in [5.74, 6) is 0. The standard InChI is InChI=1S/C14H11BrN2O/c15-11-6-7-13-12(8-11)16-14(18)17(13)9-10-4-2-1-3-5-10/h1-8H,9H2,(H,16,18). The van der Waals surface area contributed by atoms with Gasteiger partial charge >= 0.3 is 5.69 Å². The lowest BCUT2D eigenvalue weighted by molar-refractivity contribution is 0.787. The average Bonchev–Trinajstić information content (AvgIpc) is 2.66. The number of nitrogens with one attached hydrogen (secondary N) is 1. The maximum absolute atomic E-state index is 11.9. The fourth-order valence-electron chi connectivity index (χ4n) is 2.06. The monoisotopic (exact) mass is 302 g/mol. The van der Waals surface area contributed by atoms with Gasteiger partial charge in [-0.2, -0.15) is 0 Å². The Labute approximate surface area is 112 Å². The lowest BCUT2D eigenvalue weighted by Gasteiger charge is -2.03. The molecule has 1 heterocycles. The van der Waals surface area contributed by atoms with E-state index in [2.05, 4.69) is 20.9 Å². The van der Waals surface area contributed by atoms with Crippen molar-refractivity contribution in [2.75, 3.05) is 0 Å². The van der Waals surface area contributed by atoms with E-state index in [-0.39, 0.29) is 5.69 Å². The molecule has 18 heavy (non-hydrogen) atoms. The fraction of sp³-hybridized carbons (Fsp3) is 0.0714. The zero-order chi connectivity index (χ0) is 12.5. The van der Waals surface area contributed by atoms with E-state index in [1.54, 1.807) is 4.57 Å². The van der Waals surface area contributed by atoms with Crippen LogP contribution in [0.5, 0.6) is 0 Å². The number of nitrogens with zero attached hydrogens (tertiary/aromatic N) is 1. The Balaban J connectivity index is 2.12. The van der Waals surface area contributed by atoms with Crippen LogP contribution in [0, 0.1) is 0 Å². The van der Waals surface area contributed by atoms with Crippen LogP contribution in [0.3, 0.4) is 0 Å². The average molecular weight is 303 g/mol. The summed E-state index contributed by atoms with van der Waals surface area (Å²) in [6, 6.07) is 15.8. The van der Waals surface area contributed by atoms with E-state index in [1.807, 2.05) is 48.5 Å². The van der Waals surface area contributed by atoms with E-state index in [1.165, 1.54) is 0 Å². The van der Waals surface area contributed by atoms with Crippen LogP contribution in [0.4, 0.5) is 0 Å². The van der Waals surface area contributed by atoms with Crippen LogP contribution in [-0.4, -0.2) is 9.55 Å². The Kier molecular flexibility index (Phi) is 2.80. The van der Waals surface area contributed by atoms with Crippen LogP contribution >= 0.6 is 15.9 Å². The molecule has 1 aromatic heterocycles. The molecule has 3 aromatic rings. The molecule has 0 radical (unpaired) electrons. The Morgan fingerprint density at radius 1 is 1.11 bits per heavy atom. The van der Waals surface area contributed by atoms with Gasteiger partial charge in [0.1, 0.15) is 0 Å². The molecule has 0 saturated heterocycles. The first kappa shape index (κ1) is 11.3. The summed E-state index contributed by atoms with van der Waals surface area (Å²) < 4.78 is 2.71. The van der Waals surface area contributed by atoms with Crippen LogP contribution < -0.4 is 5.69 Å². The Morgan fingerprint density at radius 2 is 1.89 bits per heavy atom. The van der Waals surface area contributed by atoms with Crippen LogP contribution in [0.1, 0.15) is 5.56 Å². The number of rotatable bonds is 2. The molecular weight excluding hydrogens is 292 g/mol. The van der Waals surface area contributed by atoms with E-state index in [4.69, 9.17) is 0 Å². The van der Waals surface area contributed by atoms with Crippen molar-refractivity contribution in [3.63, 3.8) is 0 Å². The summed E-state index contributed by atoms with van der Waals surface area (Å²) in [7, 11) is 0. The second kappa shape index (κ2) is 4.46. The van der Waals surface area contributed by atoms with Gasteiger partial charge in [0.05, 0.1) is 17.6 Å². The van der Waals surface area contributed by atoms with Crippen LogP contribution in [0.25, 0.3) is 11.0 Å². The third-order valence-electron chi connectivity index (χ3n) is 2.92. The quantitative estimate of drug-likeness (QED) is 0.776. The number of aromatic amines is 1. The normalized spacial score (nSPS) is 10.9. The topological polar surface area (TPSA) is 37.8 Å². The van der Waals surface area contributed by atoms with Gasteiger partial charge in [-0.15, -0.1) is 0 Å². The van der Waals surface area contributed by atoms with Gasteiger partial charge in [0.25, 0.3) is 0 Å². The third-order valence-corrected chi connectivity index (χ3v) is 3.41. The molecule has 0 spiro atoms.